The van der Waals surface area contributed by atoms with Crippen molar-refractivity contribution in [2.24, 2.45) is 0 Å². The van der Waals surface area contributed by atoms with Gasteiger partial charge in [0.1, 0.15) is 11.4 Å². The number of nitrogens with zero attached hydrogens (tertiary/aromatic N) is 4. The van der Waals surface area contributed by atoms with Crippen LogP contribution in [0.5, 0.6) is 17.2 Å². The van der Waals surface area contributed by atoms with Gasteiger partial charge in [0.05, 0.1) is 42.5 Å². The summed E-state index contributed by atoms with van der Waals surface area (Å²) in [6.07, 6.45) is 1.68. The Balaban J connectivity index is 1.65. The number of para-hydroxylation sites is 1. The van der Waals surface area contributed by atoms with Crippen LogP contribution in [-0.4, -0.2) is 39.7 Å². The molecule has 9 nitrogen and oxygen atoms in total. The van der Waals surface area contributed by atoms with Crippen LogP contribution in [-0.2, 0) is 12.2 Å². The predicted molar refractivity (Wildman–Crippen MR) is 101 cm³/mol. The number of ether oxygens (including phenoxy) is 3. The average molecular weight is 391 g/mol. The Bertz CT molecular complexity index is 1190. The highest BCUT2D eigenvalue weighted by Crippen LogP contribution is 2.48. The lowest BCUT2D eigenvalue weighted by Gasteiger charge is -2.46. The van der Waals surface area contributed by atoms with E-state index >= 15 is 0 Å². The molecule has 1 amide bonds. The number of carbonyl (C=O) groups excluding carboxylic acids is 1. The molecule has 0 fully saturated rings. The number of amides is 1. The molecule has 1 unspecified atom stereocenters. The molecule has 4 heterocycles. The molecule has 1 atom stereocenters. The minimum Gasteiger partial charge on any atom is -0.495 e. The third kappa shape index (κ3) is 2.01. The Labute approximate surface area is 165 Å². The van der Waals surface area contributed by atoms with E-state index in [1.807, 2.05) is 31.2 Å². The van der Waals surface area contributed by atoms with Gasteiger partial charge >= 0.3 is 0 Å². The fourth-order valence-electron chi connectivity index (χ4n) is 4.34. The fraction of sp³-hybridized carbons (Fsp3) is 0.250. The van der Waals surface area contributed by atoms with Crippen LogP contribution in [0, 0.1) is 0 Å². The maximum atomic E-state index is 13.6. The van der Waals surface area contributed by atoms with Crippen LogP contribution in [0.25, 0.3) is 5.69 Å². The Morgan fingerprint density at radius 2 is 2.07 bits per heavy atom. The van der Waals surface area contributed by atoms with Crippen molar-refractivity contribution in [3.8, 4) is 22.9 Å². The molecule has 1 aromatic heterocycles. The van der Waals surface area contributed by atoms with E-state index in [1.54, 1.807) is 29.0 Å². The number of hydrogen-bond donors (Lipinski definition) is 1. The molecule has 1 N–H and O–H groups in total. The van der Waals surface area contributed by atoms with Crippen LogP contribution in [0.2, 0.25) is 0 Å². The molecule has 0 saturated heterocycles. The normalized spacial score (nSPS) is 20.8. The molecule has 3 aliphatic heterocycles. The zero-order valence-electron chi connectivity index (χ0n) is 15.8. The van der Waals surface area contributed by atoms with Gasteiger partial charge in [0.25, 0.3) is 5.91 Å². The van der Waals surface area contributed by atoms with E-state index in [9.17, 15) is 4.79 Å². The number of benzene rings is 2. The average Bonchev–Trinajstić information content (AvgIpc) is 3.36. The zero-order valence-corrected chi connectivity index (χ0v) is 15.8. The first-order valence-corrected chi connectivity index (χ1v) is 9.21. The SMILES string of the molecule is COc1cccc2c1NC1(C)c3cc4c(cc3-n3nncc3CN1C2=O)OCO4. The van der Waals surface area contributed by atoms with Crippen molar-refractivity contribution < 1.29 is 19.0 Å². The molecule has 2 aromatic carbocycles. The quantitative estimate of drug-likeness (QED) is 0.680. The summed E-state index contributed by atoms with van der Waals surface area (Å²) in [6, 6.07) is 9.24. The first-order chi connectivity index (χ1) is 14.1. The number of nitrogens with one attached hydrogen (secondary N) is 1. The summed E-state index contributed by atoms with van der Waals surface area (Å²) < 4.78 is 18.5. The second-order valence-electron chi connectivity index (χ2n) is 7.33. The van der Waals surface area contributed by atoms with Crippen molar-refractivity contribution in [2.75, 3.05) is 19.2 Å². The Kier molecular flexibility index (Phi) is 3.02. The Morgan fingerprint density at radius 1 is 1.24 bits per heavy atom. The Morgan fingerprint density at radius 3 is 2.90 bits per heavy atom. The lowest BCUT2D eigenvalue weighted by atomic mass is 9.92. The smallest absolute Gasteiger partial charge is 0.258 e. The lowest BCUT2D eigenvalue weighted by molar-refractivity contribution is 0.0511. The summed E-state index contributed by atoms with van der Waals surface area (Å²) in [5.41, 5.74) is 2.78. The first kappa shape index (κ1) is 16.2. The van der Waals surface area contributed by atoms with Gasteiger partial charge in [-0.3, -0.25) is 4.79 Å². The van der Waals surface area contributed by atoms with E-state index in [-0.39, 0.29) is 12.7 Å². The van der Waals surface area contributed by atoms with Gasteiger partial charge in [0, 0.05) is 11.6 Å². The molecule has 3 aromatic rings. The summed E-state index contributed by atoms with van der Waals surface area (Å²) in [7, 11) is 1.59. The highest BCUT2D eigenvalue weighted by molar-refractivity contribution is 6.04. The summed E-state index contributed by atoms with van der Waals surface area (Å²) in [6.45, 7) is 2.47. The molecule has 146 valence electrons. The standard InChI is InChI=1S/C20H17N5O4/c1-20-13-6-16-17(29-10-28-16)7-14(13)25-11(8-21-23-25)9-24(20)19(26)12-4-3-5-15(27-2)18(12)22-20/h3-8,22H,9-10H2,1-2H3. The zero-order chi connectivity index (χ0) is 19.8. The van der Waals surface area contributed by atoms with Crippen molar-refractivity contribution >= 4 is 11.6 Å². The van der Waals surface area contributed by atoms with Crippen LogP contribution in [0.1, 0.15) is 28.5 Å². The lowest BCUT2D eigenvalue weighted by Crippen LogP contribution is -2.55. The largest absolute Gasteiger partial charge is 0.495 e. The van der Waals surface area contributed by atoms with E-state index in [4.69, 9.17) is 14.2 Å². The first-order valence-electron chi connectivity index (χ1n) is 9.21. The van der Waals surface area contributed by atoms with Gasteiger partial charge in [0.2, 0.25) is 6.79 Å². The molecular formula is C20H17N5O4. The molecular weight excluding hydrogens is 374 g/mol. The highest BCUT2D eigenvalue weighted by atomic mass is 16.7. The van der Waals surface area contributed by atoms with Gasteiger partial charge in [-0.25, -0.2) is 4.68 Å². The Hall–Kier alpha value is -3.75. The van der Waals surface area contributed by atoms with Crippen LogP contribution in [0.3, 0.4) is 0 Å². The number of fused-ring (bicyclic) bond motifs is 7. The molecule has 9 heteroatoms. The highest BCUT2D eigenvalue weighted by Gasteiger charge is 2.47. The minimum atomic E-state index is -0.865. The molecule has 0 bridgehead atoms. The summed E-state index contributed by atoms with van der Waals surface area (Å²) in [5.74, 6) is 1.79. The minimum absolute atomic E-state index is 0.0987. The van der Waals surface area contributed by atoms with Gasteiger partial charge in [-0.1, -0.05) is 11.3 Å². The second-order valence-corrected chi connectivity index (χ2v) is 7.33. The van der Waals surface area contributed by atoms with E-state index in [2.05, 4.69) is 15.6 Å². The number of carbonyl (C=O) groups is 1. The fourth-order valence-corrected chi connectivity index (χ4v) is 4.34. The number of aromatic nitrogens is 3. The maximum absolute atomic E-state index is 13.6. The summed E-state index contributed by atoms with van der Waals surface area (Å²) >= 11 is 0. The van der Waals surface area contributed by atoms with Crippen molar-refractivity contribution in [1.82, 2.24) is 19.9 Å². The van der Waals surface area contributed by atoms with Gasteiger partial charge in [0.15, 0.2) is 11.5 Å². The molecule has 3 aliphatic rings. The monoisotopic (exact) mass is 391 g/mol. The van der Waals surface area contributed by atoms with Crippen LogP contribution in [0.4, 0.5) is 5.69 Å². The van der Waals surface area contributed by atoms with Crippen molar-refractivity contribution in [1.29, 1.82) is 0 Å². The van der Waals surface area contributed by atoms with Crippen LogP contribution >= 0.6 is 0 Å². The number of anilines is 1. The van der Waals surface area contributed by atoms with E-state index in [1.165, 1.54) is 0 Å². The molecule has 6 rings (SSSR count). The number of rotatable bonds is 1. The summed E-state index contributed by atoms with van der Waals surface area (Å²) in [4.78, 5) is 15.4. The molecule has 0 spiro atoms. The van der Waals surface area contributed by atoms with Gasteiger partial charge < -0.3 is 24.4 Å². The second kappa shape index (κ2) is 5.40. The molecule has 0 radical (unpaired) electrons. The maximum Gasteiger partial charge on any atom is 0.258 e. The summed E-state index contributed by atoms with van der Waals surface area (Å²) in [5, 5.41) is 11.9. The van der Waals surface area contributed by atoms with Gasteiger partial charge in [-0.15, -0.1) is 5.10 Å². The van der Waals surface area contributed by atoms with Crippen molar-refractivity contribution in [2.45, 2.75) is 19.1 Å². The topological polar surface area (TPSA) is 90.7 Å². The van der Waals surface area contributed by atoms with E-state index in [0.29, 0.717) is 35.0 Å². The van der Waals surface area contributed by atoms with Crippen molar-refractivity contribution in [3.05, 3.63) is 53.3 Å². The van der Waals surface area contributed by atoms with E-state index < -0.39 is 5.66 Å². The third-order valence-corrected chi connectivity index (χ3v) is 5.81. The number of methoxy groups -OCH3 is 1. The predicted octanol–water partition coefficient (Wildman–Crippen LogP) is 2.26. The molecule has 0 aliphatic carbocycles. The van der Waals surface area contributed by atoms with Gasteiger partial charge in [-0.05, 0) is 25.1 Å². The number of hydrogen-bond acceptors (Lipinski definition) is 7. The van der Waals surface area contributed by atoms with E-state index in [0.717, 1.165) is 16.9 Å². The molecule has 0 saturated carbocycles. The van der Waals surface area contributed by atoms with Crippen LogP contribution < -0.4 is 19.5 Å². The molecule has 29 heavy (non-hydrogen) atoms. The van der Waals surface area contributed by atoms with Crippen LogP contribution in [0.15, 0.2) is 36.5 Å². The third-order valence-electron chi connectivity index (χ3n) is 5.81. The van der Waals surface area contributed by atoms with Crippen molar-refractivity contribution in [3.63, 3.8) is 0 Å². The van der Waals surface area contributed by atoms with Gasteiger partial charge in [-0.2, -0.15) is 0 Å².